The Morgan fingerprint density at radius 3 is 2.41 bits per heavy atom. The highest BCUT2D eigenvalue weighted by molar-refractivity contribution is 6.05. The van der Waals surface area contributed by atoms with Gasteiger partial charge >= 0.3 is 0 Å². The Hall–Kier alpha value is -5.35. The van der Waals surface area contributed by atoms with Gasteiger partial charge in [-0.15, -0.1) is 5.10 Å². The average molecular weight is 620 g/mol. The zero-order valence-electron chi connectivity index (χ0n) is 26.2. The number of amides is 1. The van der Waals surface area contributed by atoms with Crippen molar-refractivity contribution in [3.05, 3.63) is 119 Å². The summed E-state index contributed by atoms with van der Waals surface area (Å²) >= 11 is 0. The summed E-state index contributed by atoms with van der Waals surface area (Å²) in [6.45, 7) is 3.08. The SMILES string of the molecule is COc1cccc(C(=O)Nc2ccccc2OCc2cn(-c3ccc(CCN4CCc5cc(OC)c(OC)cc5C4)cc3)nn2)c1. The molecular weight excluding hydrogens is 582 g/mol. The number of ether oxygens (including phenoxy) is 4. The fraction of sp³-hybridized carbons (Fsp3) is 0.250. The standard InChI is InChI=1S/C36H37N5O5/c1-43-31-8-6-7-27(19-31)36(42)37-32-9-4-5-10-33(32)46-24-29-23-41(39-38-29)30-13-11-25(12-14-30)15-17-40-18-16-26-20-34(44-2)35(45-3)21-28(26)22-40/h4-14,19-21,23H,15-18,22,24H2,1-3H3,(H,37,42). The van der Waals surface area contributed by atoms with E-state index in [1.165, 1.54) is 16.7 Å². The molecule has 5 aromatic rings. The molecule has 46 heavy (non-hydrogen) atoms. The Balaban J connectivity index is 1.02. The summed E-state index contributed by atoms with van der Waals surface area (Å²) in [5.74, 6) is 2.46. The molecule has 2 heterocycles. The maximum Gasteiger partial charge on any atom is 0.255 e. The van der Waals surface area contributed by atoms with Crippen LogP contribution in [0, 0.1) is 0 Å². The molecule has 0 aliphatic carbocycles. The number of carbonyl (C=O) groups is 1. The van der Waals surface area contributed by atoms with Gasteiger partial charge in [0, 0.05) is 25.2 Å². The summed E-state index contributed by atoms with van der Waals surface area (Å²) in [6.07, 6.45) is 3.80. The smallest absolute Gasteiger partial charge is 0.255 e. The predicted molar refractivity (Wildman–Crippen MR) is 175 cm³/mol. The Labute approximate surface area is 268 Å². The molecule has 0 unspecified atom stereocenters. The number of benzene rings is 4. The van der Waals surface area contributed by atoms with Crippen molar-refractivity contribution in [2.24, 2.45) is 0 Å². The minimum absolute atomic E-state index is 0.196. The lowest BCUT2D eigenvalue weighted by atomic mass is 9.98. The van der Waals surface area contributed by atoms with Crippen LogP contribution in [0.3, 0.4) is 0 Å². The van der Waals surface area contributed by atoms with Crippen LogP contribution in [0.5, 0.6) is 23.0 Å². The van der Waals surface area contributed by atoms with Crippen LogP contribution in [-0.4, -0.2) is 60.2 Å². The second kappa shape index (κ2) is 14.2. The van der Waals surface area contributed by atoms with Crippen LogP contribution < -0.4 is 24.3 Å². The molecule has 0 fully saturated rings. The first-order valence-electron chi connectivity index (χ1n) is 15.2. The van der Waals surface area contributed by atoms with Gasteiger partial charge in [0.25, 0.3) is 5.91 Å². The van der Waals surface area contributed by atoms with Crippen LogP contribution in [0.15, 0.2) is 91.1 Å². The lowest BCUT2D eigenvalue weighted by Crippen LogP contribution is -2.32. The van der Waals surface area contributed by atoms with Crippen LogP contribution in [0.1, 0.15) is 32.7 Å². The number of anilines is 1. The number of nitrogens with one attached hydrogen (secondary N) is 1. The van der Waals surface area contributed by atoms with Crippen LogP contribution in [-0.2, 0) is 26.0 Å². The quantitative estimate of drug-likeness (QED) is 0.189. The monoisotopic (exact) mass is 619 g/mol. The molecule has 0 saturated carbocycles. The molecule has 0 radical (unpaired) electrons. The molecule has 6 rings (SSSR count). The molecule has 0 atom stereocenters. The number of rotatable bonds is 12. The van der Waals surface area contributed by atoms with Gasteiger partial charge in [-0.1, -0.05) is 35.5 Å². The van der Waals surface area contributed by atoms with Gasteiger partial charge < -0.3 is 24.3 Å². The Morgan fingerprint density at radius 1 is 0.848 bits per heavy atom. The first-order chi connectivity index (χ1) is 22.5. The van der Waals surface area contributed by atoms with E-state index in [9.17, 15) is 4.79 Å². The molecule has 1 aliphatic rings. The number of aromatic nitrogens is 3. The molecule has 1 amide bonds. The van der Waals surface area contributed by atoms with Crippen molar-refractivity contribution in [1.82, 2.24) is 19.9 Å². The van der Waals surface area contributed by atoms with E-state index in [1.54, 1.807) is 62.4 Å². The molecule has 0 spiro atoms. The molecule has 0 bridgehead atoms. The summed E-state index contributed by atoms with van der Waals surface area (Å²) in [4.78, 5) is 15.3. The summed E-state index contributed by atoms with van der Waals surface area (Å²) in [7, 11) is 4.92. The maximum absolute atomic E-state index is 12.8. The number of nitrogens with zero attached hydrogens (tertiary/aromatic N) is 4. The van der Waals surface area contributed by atoms with Crippen LogP contribution in [0.2, 0.25) is 0 Å². The van der Waals surface area contributed by atoms with Crippen molar-refractivity contribution >= 4 is 11.6 Å². The van der Waals surface area contributed by atoms with Crippen LogP contribution in [0.25, 0.3) is 5.69 Å². The van der Waals surface area contributed by atoms with Crippen molar-refractivity contribution in [3.63, 3.8) is 0 Å². The van der Waals surface area contributed by atoms with E-state index in [-0.39, 0.29) is 12.5 Å². The van der Waals surface area contributed by atoms with Gasteiger partial charge in [0.15, 0.2) is 11.5 Å². The number of para-hydroxylation sites is 2. The fourth-order valence-corrected chi connectivity index (χ4v) is 5.53. The first-order valence-corrected chi connectivity index (χ1v) is 15.2. The largest absolute Gasteiger partial charge is 0.497 e. The minimum atomic E-state index is -0.257. The number of fused-ring (bicyclic) bond motifs is 1. The Morgan fingerprint density at radius 2 is 1.63 bits per heavy atom. The maximum atomic E-state index is 12.8. The van der Waals surface area contributed by atoms with E-state index in [0.717, 1.165) is 49.7 Å². The Kier molecular flexibility index (Phi) is 9.45. The van der Waals surface area contributed by atoms with E-state index in [4.69, 9.17) is 18.9 Å². The highest BCUT2D eigenvalue weighted by Gasteiger charge is 2.19. The third kappa shape index (κ3) is 7.13. The van der Waals surface area contributed by atoms with Crippen molar-refractivity contribution in [3.8, 4) is 28.7 Å². The molecule has 10 nitrogen and oxygen atoms in total. The number of hydrogen-bond acceptors (Lipinski definition) is 8. The van der Waals surface area contributed by atoms with E-state index in [0.29, 0.717) is 28.4 Å². The van der Waals surface area contributed by atoms with Crippen molar-refractivity contribution in [2.45, 2.75) is 26.0 Å². The van der Waals surface area contributed by atoms with Gasteiger partial charge in [0.1, 0.15) is 23.8 Å². The van der Waals surface area contributed by atoms with E-state index >= 15 is 0 Å². The summed E-state index contributed by atoms with van der Waals surface area (Å²) in [6, 6.07) is 26.9. The zero-order chi connectivity index (χ0) is 31.9. The Bertz CT molecular complexity index is 1800. The number of hydrogen-bond donors (Lipinski definition) is 1. The van der Waals surface area contributed by atoms with Gasteiger partial charge in [-0.25, -0.2) is 4.68 Å². The van der Waals surface area contributed by atoms with Gasteiger partial charge in [0.05, 0.1) is 38.9 Å². The third-order valence-electron chi connectivity index (χ3n) is 8.10. The highest BCUT2D eigenvalue weighted by atomic mass is 16.5. The summed E-state index contributed by atoms with van der Waals surface area (Å²) in [5.41, 5.74) is 6.52. The second-order valence-corrected chi connectivity index (χ2v) is 11.0. The zero-order valence-corrected chi connectivity index (χ0v) is 26.2. The van der Waals surface area contributed by atoms with E-state index < -0.39 is 0 Å². The topological polar surface area (TPSA) is 100.0 Å². The van der Waals surface area contributed by atoms with Crippen molar-refractivity contribution in [1.29, 1.82) is 0 Å². The average Bonchev–Trinajstić information content (AvgIpc) is 3.59. The van der Waals surface area contributed by atoms with Gasteiger partial charge in [-0.2, -0.15) is 0 Å². The normalized spacial score (nSPS) is 12.7. The first kappa shape index (κ1) is 30.7. The molecule has 1 aliphatic heterocycles. The van der Waals surface area contributed by atoms with E-state index in [1.807, 2.05) is 18.3 Å². The third-order valence-corrected chi connectivity index (χ3v) is 8.10. The molecule has 0 saturated heterocycles. The summed E-state index contributed by atoms with van der Waals surface area (Å²) < 4.78 is 24.0. The van der Waals surface area contributed by atoms with Gasteiger partial charge in [0.2, 0.25) is 0 Å². The summed E-state index contributed by atoms with van der Waals surface area (Å²) in [5, 5.41) is 11.5. The van der Waals surface area contributed by atoms with Crippen LogP contribution in [0.4, 0.5) is 5.69 Å². The van der Waals surface area contributed by atoms with E-state index in [2.05, 4.69) is 56.9 Å². The lowest BCUT2D eigenvalue weighted by Gasteiger charge is -2.29. The van der Waals surface area contributed by atoms with Gasteiger partial charge in [-0.3, -0.25) is 9.69 Å². The van der Waals surface area contributed by atoms with Crippen molar-refractivity contribution < 1.29 is 23.7 Å². The lowest BCUT2D eigenvalue weighted by molar-refractivity contribution is 0.102. The number of methoxy groups -OCH3 is 3. The minimum Gasteiger partial charge on any atom is -0.497 e. The molecule has 4 aromatic carbocycles. The van der Waals surface area contributed by atoms with Crippen molar-refractivity contribution in [2.75, 3.05) is 39.7 Å². The molecule has 1 aromatic heterocycles. The fourth-order valence-electron chi connectivity index (χ4n) is 5.53. The van der Waals surface area contributed by atoms with Gasteiger partial charge in [-0.05, 0) is 84.1 Å². The predicted octanol–water partition coefficient (Wildman–Crippen LogP) is 5.73. The molecule has 1 N–H and O–H groups in total. The van der Waals surface area contributed by atoms with Crippen LogP contribution >= 0.6 is 0 Å². The number of carbonyl (C=O) groups excluding carboxylic acids is 1. The second-order valence-electron chi connectivity index (χ2n) is 11.0. The highest BCUT2D eigenvalue weighted by Crippen LogP contribution is 2.33. The molecule has 236 valence electrons. The molecule has 10 heteroatoms. The molecular formula is C36H37N5O5.